The molecule has 0 aliphatic carbocycles. The highest BCUT2D eigenvalue weighted by molar-refractivity contribution is 6.30. The fourth-order valence-electron chi connectivity index (χ4n) is 2.30. The van der Waals surface area contributed by atoms with Crippen LogP contribution in [0.15, 0.2) is 30.6 Å². The van der Waals surface area contributed by atoms with E-state index in [1.807, 2.05) is 0 Å². The first-order valence-electron chi connectivity index (χ1n) is 7.10. The van der Waals surface area contributed by atoms with Gasteiger partial charge >= 0.3 is 6.03 Å². The maximum absolute atomic E-state index is 12.4. The molecule has 1 atom stereocenters. The van der Waals surface area contributed by atoms with Gasteiger partial charge in [-0.2, -0.15) is 10.1 Å². The lowest BCUT2D eigenvalue weighted by molar-refractivity contribution is -0.119. The molecule has 1 saturated heterocycles. The highest BCUT2D eigenvalue weighted by atomic mass is 35.5. The number of imide groups is 1. The van der Waals surface area contributed by atoms with Crippen molar-refractivity contribution in [1.82, 2.24) is 20.5 Å². The van der Waals surface area contributed by atoms with Gasteiger partial charge in [-0.25, -0.2) is 14.8 Å². The Kier molecular flexibility index (Phi) is 4.43. The Morgan fingerprint density at radius 3 is 2.71 bits per heavy atom. The molecule has 0 saturated carbocycles. The maximum atomic E-state index is 12.4. The molecule has 0 radical (unpaired) electrons. The molecule has 24 heavy (non-hydrogen) atoms. The predicted octanol–water partition coefficient (Wildman–Crippen LogP) is 1.30. The number of aromatic nitrogens is 3. The van der Waals surface area contributed by atoms with E-state index < -0.39 is 18.0 Å². The lowest BCUT2D eigenvalue weighted by atomic mass is 10.1. The number of aromatic amines is 1. The largest absolute Gasteiger partial charge is 0.329 e. The molecule has 0 spiro atoms. The number of nitrogens with one attached hydrogen (secondary N) is 3. The number of halogens is 1. The van der Waals surface area contributed by atoms with Crippen LogP contribution >= 0.6 is 11.6 Å². The van der Waals surface area contributed by atoms with E-state index >= 15 is 0 Å². The topological polar surface area (TPSA) is 120 Å². The molecule has 1 aromatic carbocycles. The minimum atomic E-state index is -0.756. The molecule has 1 aliphatic heterocycles. The van der Waals surface area contributed by atoms with Gasteiger partial charge in [0, 0.05) is 11.4 Å². The number of hydrogen-bond acceptors (Lipinski definition) is 5. The number of nitrogens with zero attached hydrogens (tertiary/aromatic N) is 3. The molecule has 1 unspecified atom stereocenters. The van der Waals surface area contributed by atoms with Gasteiger partial charge in [0.2, 0.25) is 11.9 Å². The molecule has 0 bridgehead atoms. The summed E-state index contributed by atoms with van der Waals surface area (Å²) in [6, 6.07) is 5.07. The Bertz CT molecular complexity index is 761. The fourth-order valence-corrected chi connectivity index (χ4v) is 2.42. The molecule has 10 heteroatoms. The lowest BCUT2D eigenvalue weighted by Gasteiger charge is -2.13. The van der Waals surface area contributed by atoms with Gasteiger partial charge in [-0.1, -0.05) is 11.6 Å². The summed E-state index contributed by atoms with van der Waals surface area (Å²) < 4.78 is 0. The number of amides is 4. The first-order valence-corrected chi connectivity index (χ1v) is 7.47. The van der Waals surface area contributed by atoms with Crippen LogP contribution in [0, 0.1) is 0 Å². The Hall–Kier alpha value is -2.94. The number of urea groups is 1. The average molecular weight is 349 g/mol. The Morgan fingerprint density at radius 2 is 2.04 bits per heavy atom. The van der Waals surface area contributed by atoms with Crippen LogP contribution in [0.2, 0.25) is 5.02 Å². The predicted molar refractivity (Wildman–Crippen MR) is 85.5 cm³/mol. The van der Waals surface area contributed by atoms with Crippen molar-refractivity contribution >= 4 is 41.1 Å². The summed E-state index contributed by atoms with van der Waals surface area (Å²) >= 11 is 5.80. The summed E-state index contributed by atoms with van der Waals surface area (Å²) in [6.07, 6.45) is 1.49. The number of anilines is 2. The summed E-state index contributed by atoms with van der Waals surface area (Å²) in [5, 5.41) is 11.7. The molecule has 1 fully saturated rings. The fraction of sp³-hybridized carbons (Fsp3) is 0.214. The van der Waals surface area contributed by atoms with Crippen molar-refractivity contribution in [2.45, 2.75) is 18.9 Å². The van der Waals surface area contributed by atoms with Crippen molar-refractivity contribution in [3.8, 4) is 0 Å². The number of rotatable bonds is 5. The van der Waals surface area contributed by atoms with Gasteiger partial charge < -0.3 is 5.32 Å². The molecular formula is C14H13ClN6O3. The number of carbonyl (C=O) groups is 3. The zero-order chi connectivity index (χ0) is 17.1. The van der Waals surface area contributed by atoms with Crippen LogP contribution in [0.4, 0.5) is 16.4 Å². The summed E-state index contributed by atoms with van der Waals surface area (Å²) in [5.41, 5.74) is 0.426. The zero-order valence-corrected chi connectivity index (χ0v) is 13.1. The second-order valence-corrected chi connectivity index (χ2v) is 5.51. The van der Waals surface area contributed by atoms with Gasteiger partial charge in [0.1, 0.15) is 12.4 Å². The third-order valence-corrected chi connectivity index (χ3v) is 3.69. The van der Waals surface area contributed by atoms with Gasteiger partial charge in [0.05, 0.1) is 5.69 Å². The Morgan fingerprint density at radius 1 is 1.29 bits per heavy atom. The lowest BCUT2D eigenvalue weighted by Crippen LogP contribution is -2.31. The second-order valence-electron chi connectivity index (χ2n) is 5.07. The van der Waals surface area contributed by atoms with Gasteiger partial charge in [-0.05, 0) is 30.7 Å². The third-order valence-electron chi connectivity index (χ3n) is 3.44. The van der Waals surface area contributed by atoms with Gasteiger partial charge in [-0.3, -0.25) is 14.9 Å². The standard InChI is InChI=1S/C14H13ClN6O3/c15-8-1-3-9(4-2-8)21-12(23)10(18-14(21)24)5-6-11(22)19-13-16-7-17-20-13/h1-4,7,10H,5-6H2,(H,18,24)(H2,16,17,19,20,22). The van der Waals surface area contributed by atoms with Crippen molar-refractivity contribution in [2.75, 3.05) is 10.2 Å². The van der Waals surface area contributed by atoms with Crippen LogP contribution in [0.5, 0.6) is 0 Å². The summed E-state index contributed by atoms with van der Waals surface area (Å²) in [4.78, 5) is 41.0. The molecule has 124 valence electrons. The highest BCUT2D eigenvalue weighted by Gasteiger charge is 2.38. The minimum absolute atomic E-state index is 0.0475. The van der Waals surface area contributed by atoms with Crippen molar-refractivity contribution in [1.29, 1.82) is 0 Å². The number of H-pyrrole nitrogens is 1. The number of carbonyl (C=O) groups excluding carboxylic acids is 3. The van der Waals surface area contributed by atoms with E-state index in [1.165, 1.54) is 6.33 Å². The molecule has 4 amide bonds. The van der Waals surface area contributed by atoms with Crippen LogP contribution in [0.25, 0.3) is 0 Å². The molecule has 2 heterocycles. The van der Waals surface area contributed by atoms with E-state index in [-0.39, 0.29) is 24.7 Å². The van der Waals surface area contributed by atoms with Crippen LogP contribution in [0.1, 0.15) is 12.8 Å². The van der Waals surface area contributed by atoms with E-state index in [0.717, 1.165) is 4.90 Å². The first kappa shape index (κ1) is 15.9. The second kappa shape index (κ2) is 6.67. The van der Waals surface area contributed by atoms with Gasteiger partial charge in [0.25, 0.3) is 5.91 Å². The van der Waals surface area contributed by atoms with Gasteiger partial charge in [-0.15, -0.1) is 0 Å². The summed E-state index contributed by atoms with van der Waals surface area (Å²) in [7, 11) is 0. The highest BCUT2D eigenvalue weighted by Crippen LogP contribution is 2.23. The maximum Gasteiger partial charge on any atom is 0.329 e. The van der Waals surface area contributed by atoms with Crippen molar-refractivity contribution < 1.29 is 14.4 Å². The molecular weight excluding hydrogens is 336 g/mol. The smallest absolute Gasteiger partial charge is 0.325 e. The zero-order valence-electron chi connectivity index (χ0n) is 12.3. The van der Waals surface area contributed by atoms with Gasteiger partial charge in [0.15, 0.2) is 0 Å². The first-order chi connectivity index (χ1) is 11.5. The van der Waals surface area contributed by atoms with Crippen LogP contribution in [0.3, 0.4) is 0 Å². The van der Waals surface area contributed by atoms with Crippen molar-refractivity contribution in [3.05, 3.63) is 35.6 Å². The minimum Gasteiger partial charge on any atom is -0.325 e. The van der Waals surface area contributed by atoms with Crippen molar-refractivity contribution in [2.24, 2.45) is 0 Å². The van der Waals surface area contributed by atoms with E-state index in [0.29, 0.717) is 10.7 Å². The Labute approximate surface area is 141 Å². The van der Waals surface area contributed by atoms with Crippen LogP contribution < -0.4 is 15.5 Å². The molecule has 2 aromatic rings. The molecule has 1 aromatic heterocycles. The molecule has 3 N–H and O–H groups in total. The van der Waals surface area contributed by atoms with Crippen molar-refractivity contribution in [3.63, 3.8) is 0 Å². The molecule has 1 aliphatic rings. The molecule has 9 nitrogen and oxygen atoms in total. The number of benzene rings is 1. The third kappa shape index (κ3) is 3.35. The average Bonchev–Trinajstić information content (AvgIpc) is 3.15. The summed E-state index contributed by atoms with van der Waals surface area (Å²) in [6.45, 7) is 0. The monoisotopic (exact) mass is 348 g/mol. The van der Waals surface area contributed by atoms with E-state index in [9.17, 15) is 14.4 Å². The number of hydrogen-bond donors (Lipinski definition) is 3. The SMILES string of the molecule is O=C(CCC1NC(=O)N(c2ccc(Cl)cc2)C1=O)Nc1ncn[nH]1. The Balaban J connectivity index is 1.59. The van der Waals surface area contributed by atoms with Crippen LogP contribution in [-0.4, -0.2) is 39.1 Å². The normalized spacial score (nSPS) is 17.0. The van der Waals surface area contributed by atoms with Crippen LogP contribution in [-0.2, 0) is 9.59 Å². The van der Waals surface area contributed by atoms with E-state index in [2.05, 4.69) is 25.8 Å². The summed E-state index contributed by atoms with van der Waals surface area (Å²) in [5.74, 6) is -0.516. The molecule has 3 rings (SSSR count). The quantitative estimate of drug-likeness (QED) is 0.703. The van der Waals surface area contributed by atoms with E-state index in [4.69, 9.17) is 11.6 Å². The van der Waals surface area contributed by atoms with E-state index in [1.54, 1.807) is 24.3 Å².